The molecule has 0 fully saturated rings. The second-order valence-corrected chi connectivity index (χ2v) is 7.24. The van der Waals surface area contributed by atoms with E-state index in [4.69, 9.17) is 10.1 Å². The second kappa shape index (κ2) is 7.53. The molecule has 0 amide bonds. The Morgan fingerprint density at radius 2 is 1.57 bits per heavy atom. The third-order valence-electron chi connectivity index (χ3n) is 5.13. The number of phenolic OH excluding ortho intramolecular Hbond substituents is 2. The first-order valence-electron chi connectivity index (χ1n) is 9.41. The lowest BCUT2D eigenvalue weighted by atomic mass is 9.96. The van der Waals surface area contributed by atoms with E-state index in [2.05, 4.69) is 10.6 Å². The van der Waals surface area contributed by atoms with Crippen molar-refractivity contribution in [1.82, 2.24) is 10.6 Å². The van der Waals surface area contributed by atoms with E-state index in [-0.39, 0.29) is 17.1 Å². The lowest BCUT2D eigenvalue weighted by molar-refractivity contribution is 0.0696. The third kappa shape index (κ3) is 3.58. The van der Waals surface area contributed by atoms with Gasteiger partial charge in [0.1, 0.15) is 29.2 Å². The number of carboxylic acids is 1. The van der Waals surface area contributed by atoms with E-state index < -0.39 is 17.8 Å². The Balaban J connectivity index is 1.82. The number of aromatic carboxylic acids is 1. The number of hydrogen-bond donors (Lipinski definition) is 5. The third-order valence-corrected chi connectivity index (χ3v) is 5.13. The van der Waals surface area contributed by atoms with Crippen molar-refractivity contribution >= 4 is 11.8 Å². The van der Waals surface area contributed by atoms with Crippen molar-refractivity contribution < 1.29 is 20.1 Å². The largest absolute Gasteiger partial charge is 0.508 e. The van der Waals surface area contributed by atoms with Crippen LogP contribution in [0.25, 0.3) is 0 Å². The summed E-state index contributed by atoms with van der Waals surface area (Å²) >= 11 is 0. The van der Waals surface area contributed by atoms with Crippen molar-refractivity contribution in [2.24, 2.45) is 4.99 Å². The molecule has 0 aliphatic carbocycles. The van der Waals surface area contributed by atoms with Crippen molar-refractivity contribution in [3.8, 4) is 11.5 Å². The number of amidine groups is 1. The van der Waals surface area contributed by atoms with Crippen molar-refractivity contribution in [3.05, 3.63) is 95.1 Å². The molecule has 3 aromatic rings. The quantitative estimate of drug-likeness (QED) is 0.457. The number of aromatic hydroxyl groups is 2. The smallest absolute Gasteiger partial charge is 0.335 e. The molecule has 0 aromatic heterocycles. The lowest BCUT2D eigenvalue weighted by Gasteiger charge is -2.41. The highest BCUT2D eigenvalue weighted by molar-refractivity contribution is 6.02. The van der Waals surface area contributed by atoms with Gasteiger partial charge in [-0.25, -0.2) is 9.79 Å². The van der Waals surface area contributed by atoms with Gasteiger partial charge in [0.05, 0.1) is 11.1 Å². The minimum Gasteiger partial charge on any atom is -0.508 e. The van der Waals surface area contributed by atoms with Crippen LogP contribution in [0, 0.1) is 0 Å². The zero-order valence-electron chi connectivity index (χ0n) is 16.2. The van der Waals surface area contributed by atoms with E-state index in [0.717, 1.165) is 5.56 Å². The van der Waals surface area contributed by atoms with Crippen LogP contribution in [0.3, 0.4) is 0 Å². The maximum absolute atomic E-state index is 11.2. The van der Waals surface area contributed by atoms with Gasteiger partial charge in [-0.15, -0.1) is 0 Å². The summed E-state index contributed by atoms with van der Waals surface area (Å²) in [4.78, 5) is 15.9. The Morgan fingerprint density at radius 1 is 0.933 bits per heavy atom. The molecule has 1 aliphatic rings. The molecule has 3 aromatic carbocycles. The van der Waals surface area contributed by atoms with E-state index in [0.29, 0.717) is 17.0 Å². The van der Waals surface area contributed by atoms with Gasteiger partial charge in [-0.05, 0) is 42.8 Å². The summed E-state index contributed by atoms with van der Waals surface area (Å²) in [5.41, 5.74) is 1.14. The molecule has 7 nitrogen and oxygen atoms in total. The van der Waals surface area contributed by atoms with Crippen molar-refractivity contribution in [2.75, 3.05) is 0 Å². The van der Waals surface area contributed by atoms with Crippen LogP contribution in [0.4, 0.5) is 0 Å². The molecule has 0 bridgehead atoms. The monoisotopic (exact) mass is 403 g/mol. The predicted octanol–water partition coefficient (Wildman–Crippen LogP) is 3.31. The number of para-hydroxylation sites is 2. The summed E-state index contributed by atoms with van der Waals surface area (Å²) in [5, 5.41) is 36.7. The van der Waals surface area contributed by atoms with Crippen LogP contribution in [0.5, 0.6) is 11.5 Å². The molecule has 0 saturated heterocycles. The number of aliphatic imine (C=N–C) groups is 1. The van der Waals surface area contributed by atoms with Crippen LogP contribution < -0.4 is 10.6 Å². The van der Waals surface area contributed by atoms with E-state index in [9.17, 15) is 15.0 Å². The highest BCUT2D eigenvalue weighted by Gasteiger charge is 2.37. The van der Waals surface area contributed by atoms with Crippen molar-refractivity contribution in [2.45, 2.75) is 18.8 Å². The summed E-state index contributed by atoms with van der Waals surface area (Å²) in [6.45, 7) is 1.87. The van der Waals surface area contributed by atoms with Crippen LogP contribution in [0.2, 0.25) is 0 Å². The van der Waals surface area contributed by atoms with Crippen LogP contribution in [0.1, 0.15) is 40.1 Å². The molecule has 0 radical (unpaired) electrons. The normalized spacial score (nSPS) is 20.8. The number of carbonyl (C=O) groups is 1. The van der Waals surface area contributed by atoms with Gasteiger partial charge in [0.15, 0.2) is 0 Å². The Labute approximate surface area is 173 Å². The van der Waals surface area contributed by atoms with Crippen molar-refractivity contribution in [1.29, 1.82) is 0 Å². The van der Waals surface area contributed by atoms with Gasteiger partial charge in [0, 0.05) is 5.56 Å². The highest BCUT2D eigenvalue weighted by atomic mass is 16.4. The Bertz CT molecular complexity index is 1130. The summed E-state index contributed by atoms with van der Waals surface area (Å²) in [7, 11) is 0. The SMILES string of the molecule is C[C@]1(c2ccccc2O)NC(c2ccccc2O)=NC(c2ccc(C(=O)O)cc2)N1. The first-order chi connectivity index (χ1) is 14.4. The molecule has 2 atom stereocenters. The fourth-order valence-electron chi connectivity index (χ4n) is 3.56. The zero-order valence-corrected chi connectivity index (χ0v) is 16.2. The summed E-state index contributed by atoms with van der Waals surface area (Å²) in [5.74, 6) is -0.369. The molecular weight excluding hydrogens is 382 g/mol. The Morgan fingerprint density at radius 3 is 2.20 bits per heavy atom. The molecule has 5 N–H and O–H groups in total. The molecule has 4 rings (SSSR count). The number of carboxylic acid groups (broad SMARTS) is 1. The van der Waals surface area contributed by atoms with Gasteiger partial charge in [0.25, 0.3) is 0 Å². The predicted molar refractivity (Wildman–Crippen MR) is 113 cm³/mol. The lowest BCUT2D eigenvalue weighted by Crippen LogP contribution is -2.58. The maximum Gasteiger partial charge on any atom is 0.335 e. The van der Waals surface area contributed by atoms with Crippen LogP contribution in [0.15, 0.2) is 77.8 Å². The standard InChI is InChI=1S/C23H21N3O4/c1-23(17-7-3-5-9-19(17)28)25-20(14-10-12-15(13-11-14)22(29)30)24-21(26-23)16-6-2-4-8-18(16)27/h2-13,20,25,27-28H,1H3,(H,24,26)(H,29,30)/t20?,23-/m1/s1. The van der Waals surface area contributed by atoms with E-state index >= 15 is 0 Å². The average molecular weight is 403 g/mol. The zero-order chi connectivity index (χ0) is 21.3. The van der Waals surface area contributed by atoms with Gasteiger partial charge in [-0.2, -0.15) is 0 Å². The van der Waals surface area contributed by atoms with E-state index in [1.54, 1.807) is 54.6 Å². The van der Waals surface area contributed by atoms with Crippen LogP contribution in [-0.2, 0) is 5.66 Å². The topological polar surface area (TPSA) is 114 Å². The van der Waals surface area contributed by atoms with Gasteiger partial charge in [0.2, 0.25) is 0 Å². The minimum atomic E-state index is -1.00. The van der Waals surface area contributed by atoms with Crippen LogP contribution in [-0.4, -0.2) is 27.1 Å². The first-order valence-corrected chi connectivity index (χ1v) is 9.41. The number of nitrogens with one attached hydrogen (secondary N) is 2. The fraction of sp³-hybridized carbons (Fsp3) is 0.130. The Kier molecular flexibility index (Phi) is 4.89. The number of benzene rings is 3. The Hall–Kier alpha value is -3.84. The molecule has 1 heterocycles. The number of nitrogens with zero attached hydrogens (tertiary/aromatic N) is 1. The van der Waals surface area contributed by atoms with Crippen molar-refractivity contribution in [3.63, 3.8) is 0 Å². The summed E-state index contributed by atoms with van der Waals surface area (Å²) in [6.07, 6.45) is -0.548. The van der Waals surface area contributed by atoms with E-state index in [1.807, 2.05) is 13.0 Å². The second-order valence-electron chi connectivity index (χ2n) is 7.24. The van der Waals surface area contributed by atoms with Gasteiger partial charge < -0.3 is 20.6 Å². The molecule has 0 saturated carbocycles. The first kappa shape index (κ1) is 19.5. The van der Waals surface area contributed by atoms with Gasteiger partial charge in [-0.3, -0.25) is 5.32 Å². The molecule has 30 heavy (non-hydrogen) atoms. The van der Waals surface area contributed by atoms with Gasteiger partial charge in [-0.1, -0.05) is 42.5 Å². The highest BCUT2D eigenvalue weighted by Crippen LogP contribution is 2.34. The number of phenols is 2. The fourth-order valence-corrected chi connectivity index (χ4v) is 3.56. The molecule has 1 unspecified atom stereocenters. The minimum absolute atomic E-state index is 0.0743. The molecule has 152 valence electrons. The molecule has 1 aliphatic heterocycles. The number of rotatable bonds is 4. The average Bonchev–Trinajstić information content (AvgIpc) is 2.74. The molecule has 0 spiro atoms. The van der Waals surface area contributed by atoms with Gasteiger partial charge >= 0.3 is 5.97 Å². The molecular formula is C23H21N3O4. The summed E-state index contributed by atoms with van der Waals surface area (Å²) in [6, 6.07) is 20.3. The number of hydrogen-bond acceptors (Lipinski definition) is 6. The molecule has 7 heteroatoms. The van der Waals surface area contributed by atoms with Crippen LogP contribution >= 0.6 is 0 Å². The van der Waals surface area contributed by atoms with E-state index in [1.165, 1.54) is 12.1 Å². The summed E-state index contributed by atoms with van der Waals surface area (Å²) < 4.78 is 0. The maximum atomic E-state index is 11.2.